The number of esters is 1. The van der Waals surface area contributed by atoms with Crippen molar-refractivity contribution in [3.63, 3.8) is 0 Å². The van der Waals surface area contributed by atoms with E-state index < -0.39 is 5.97 Å². The van der Waals surface area contributed by atoms with Gasteiger partial charge in [-0.2, -0.15) is 0 Å². The van der Waals surface area contributed by atoms with Crippen molar-refractivity contribution in [3.05, 3.63) is 58.1 Å². The second kappa shape index (κ2) is 7.87. The van der Waals surface area contributed by atoms with Crippen molar-refractivity contribution in [1.82, 2.24) is 9.97 Å². The summed E-state index contributed by atoms with van der Waals surface area (Å²) in [5.74, 6) is -0.532. The van der Waals surface area contributed by atoms with Gasteiger partial charge in [-0.15, -0.1) is 0 Å². The molecule has 0 fully saturated rings. The number of ether oxygens (including phenoxy) is 2. The Bertz CT molecular complexity index is 647. The molecule has 0 saturated heterocycles. The first-order valence-corrected chi connectivity index (χ1v) is 7.28. The van der Waals surface area contributed by atoms with Gasteiger partial charge in [0, 0.05) is 12.7 Å². The van der Waals surface area contributed by atoms with Crippen LogP contribution in [0.3, 0.4) is 0 Å². The Morgan fingerprint density at radius 1 is 1.18 bits per heavy atom. The van der Waals surface area contributed by atoms with Gasteiger partial charge in [0.15, 0.2) is 5.69 Å². The molecule has 0 spiro atoms. The van der Waals surface area contributed by atoms with Crippen molar-refractivity contribution in [2.24, 2.45) is 0 Å². The zero-order chi connectivity index (χ0) is 15.9. The fourth-order valence-corrected chi connectivity index (χ4v) is 2.24. The van der Waals surface area contributed by atoms with Gasteiger partial charge in [0.25, 0.3) is 0 Å². The lowest BCUT2D eigenvalue weighted by Crippen LogP contribution is -2.15. The molecular weight excluding hydrogens is 304 g/mol. The second-order valence-corrected chi connectivity index (χ2v) is 4.95. The molecule has 0 aliphatic carbocycles. The number of halogens is 1. The first-order chi connectivity index (χ1) is 10.7. The summed E-state index contributed by atoms with van der Waals surface area (Å²) in [6.07, 6.45) is 0.625. The lowest BCUT2D eigenvalue weighted by Gasteiger charge is -2.12. The number of carbonyl (C=O) groups excluding carboxylic acids is 1. The highest BCUT2D eigenvalue weighted by molar-refractivity contribution is 6.28. The van der Waals surface area contributed by atoms with Crippen LogP contribution in [0.4, 0.5) is 0 Å². The van der Waals surface area contributed by atoms with Gasteiger partial charge in [0.1, 0.15) is 6.61 Å². The first kappa shape index (κ1) is 16.4. The van der Waals surface area contributed by atoms with E-state index in [0.29, 0.717) is 17.7 Å². The van der Waals surface area contributed by atoms with E-state index in [0.717, 1.165) is 5.56 Å². The van der Waals surface area contributed by atoms with Gasteiger partial charge in [-0.25, -0.2) is 14.8 Å². The maximum atomic E-state index is 12.3. The molecule has 0 amide bonds. The molecule has 116 valence electrons. The second-order valence-electron chi connectivity index (χ2n) is 4.61. The standard InChI is InChI=1S/C16H17ClN2O3/c1-3-13-12(10-21-2)14(19-16(17)18-13)15(20)22-9-11-7-5-4-6-8-11/h4-8H,3,9-10H2,1-2H3. The molecule has 22 heavy (non-hydrogen) atoms. The van der Waals surface area contributed by atoms with Gasteiger partial charge in [-0.3, -0.25) is 0 Å². The predicted octanol–water partition coefficient (Wildman–Crippen LogP) is 3.20. The summed E-state index contributed by atoms with van der Waals surface area (Å²) in [6, 6.07) is 9.44. The number of aromatic nitrogens is 2. The molecule has 0 atom stereocenters. The van der Waals surface area contributed by atoms with Crippen molar-refractivity contribution in [2.45, 2.75) is 26.6 Å². The average molecular weight is 321 g/mol. The quantitative estimate of drug-likeness (QED) is 0.604. The van der Waals surface area contributed by atoms with E-state index >= 15 is 0 Å². The highest BCUT2D eigenvalue weighted by Gasteiger charge is 2.20. The van der Waals surface area contributed by atoms with Crippen LogP contribution < -0.4 is 0 Å². The summed E-state index contributed by atoms with van der Waals surface area (Å²) in [7, 11) is 1.55. The predicted molar refractivity (Wildman–Crippen MR) is 82.7 cm³/mol. The lowest BCUT2D eigenvalue weighted by molar-refractivity contribution is 0.0460. The minimum absolute atomic E-state index is 0.0309. The SMILES string of the molecule is CCc1nc(Cl)nc(C(=O)OCc2ccccc2)c1COC. The fourth-order valence-electron chi connectivity index (χ4n) is 2.05. The molecule has 1 heterocycles. The molecule has 0 aliphatic heterocycles. The van der Waals surface area contributed by atoms with Gasteiger partial charge in [-0.05, 0) is 23.6 Å². The largest absolute Gasteiger partial charge is 0.456 e. The number of nitrogens with zero attached hydrogens (tertiary/aromatic N) is 2. The van der Waals surface area contributed by atoms with Crippen molar-refractivity contribution in [1.29, 1.82) is 0 Å². The lowest BCUT2D eigenvalue weighted by atomic mass is 10.1. The molecule has 0 unspecified atom stereocenters. The number of methoxy groups -OCH3 is 1. The van der Waals surface area contributed by atoms with Crippen LogP contribution in [0.2, 0.25) is 5.28 Å². The summed E-state index contributed by atoms with van der Waals surface area (Å²) >= 11 is 5.89. The molecule has 0 aliphatic rings. The molecule has 1 aromatic carbocycles. The number of hydrogen-bond acceptors (Lipinski definition) is 5. The minimum atomic E-state index is -0.532. The van der Waals surface area contributed by atoms with Gasteiger partial charge in [0.05, 0.1) is 12.3 Å². The van der Waals surface area contributed by atoms with Crippen LogP contribution in [0.15, 0.2) is 30.3 Å². The van der Waals surface area contributed by atoms with Crippen molar-refractivity contribution >= 4 is 17.6 Å². The molecule has 1 aromatic heterocycles. The fraction of sp³-hybridized carbons (Fsp3) is 0.312. The monoisotopic (exact) mass is 320 g/mol. The number of benzene rings is 1. The van der Waals surface area contributed by atoms with Gasteiger partial charge in [-0.1, -0.05) is 37.3 Å². The third-order valence-electron chi connectivity index (χ3n) is 3.10. The number of hydrogen-bond donors (Lipinski definition) is 0. The molecule has 6 heteroatoms. The molecule has 2 aromatic rings. The van der Waals surface area contributed by atoms with Gasteiger partial charge < -0.3 is 9.47 Å². The Kier molecular flexibility index (Phi) is 5.86. The maximum absolute atomic E-state index is 12.3. The highest BCUT2D eigenvalue weighted by atomic mass is 35.5. The van der Waals surface area contributed by atoms with Crippen LogP contribution >= 0.6 is 11.6 Å². The van der Waals surface area contributed by atoms with E-state index in [2.05, 4.69) is 9.97 Å². The Morgan fingerprint density at radius 3 is 2.55 bits per heavy atom. The van der Waals surface area contributed by atoms with Crippen molar-refractivity contribution in [2.75, 3.05) is 7.11 Å². The van der Waals surface area contributed by atoms with E-state index in [-0.39, 0.29) is 24.2 Å². The maximum Gasteiger partial charge on any atom is 0.357 e. The Labute approximate surface area is 134 Å². The molecule has 2 rings (SSSR count). The van der Waals surface area contributed by atoms with Crippen LogP contribution in [0, 0.1) is 0 Å². The minimum Gasteiger partial charge on any atom is -0.456 e. The summed E-state index contributed by atoms with van der Waals surface area (Å²) < 4.78 is 10.4. The third-order valence-corrected chi connectivity index (χ3v) is 3.26. The van der Waals surface area contributed by atoms with Crippen LogP contribution in [-0.2, 0) is 29.1 Å². The van der Waals surface area contributed by atoms with Gasteiger partial charge in [0.2, 0.25) is 5.28 Å². The molecule has 0 bridgehead atoms. The average Bonchev–Trinajstić information content (AvgIpc) is 2.54. The highest BCUT2D eigenvalue weighted by Crippen LogP contribution is 2.18. The van der Waals surface area contributed by atoms with E-state index in [1.807, 2.05) is 37.3 Å². The smallest absolute Gasteiger partial charge is 0.357 e. The summed E-state index contributed by atoms with van der Waals surface area (Å²) in [6.45, 7) is 2.34. The molecule has 0 N–H and O–H groups in total. The van der Waals surface area contributed by atoms with E-state index in [4.69, 9.17) is 21.1 Å². The Morgan fingerprint density at radius 2 is 1.91 bits per heavy atom. The van der Waals surface area contributed by atoms with Crippen LogP contribution in [0.25, 0.3) is 0 Å². The van der Waals surface area contributed by atoms with Crippen molar-refractivity contribution in [3.8, 4) is 0 Å². The Hall–Kier alpha value is -1.98. The summed E-state index contributed by atoms with van der Waals surface area (Å²) in [5, 5.41) is 0.0309. The zero-order valence-corrected chi connectivity index (χ0v) is 13.3. The van der Waals surface area contributed by atoms with Crippen molar-refractivity contribution < 1.29 is 14.3 Å². The summed E-state index contributed by atoms with van der Waals surface area (Å²) in [4.78, 5) is 20.5. The molecule has 0 saturated carbocycles. The number of carbonyl (C=O) groups is 1. The van der Waals surface area contributed by atoms with Crippen LogP contribution in [0.5, 0.6) is 0 Å². The normalized spacial score (nSPS) is 10.5. The molecule has 0 radical (unpaired) electrons. The van der Waals surface area contributed by atoms with Crippen LogP contribution in [0.1, 0.15) is 34.2 Å². The van der Waals surface area contributed by atoms with E-state index in [1.54, 1.807) is 7.11 Å². The van der Waals surface area contributed by atoms with E-state index in [9.17, 15) is 4.79 Å². The third kappa shape index (κ3) is 4.02. The number of aryl methyl sites for hydroxylation is 1. The Balaban J connectivity index is 2.22. The number of rotatable bonds is 6. The zero-order valence-electron chi connectivity index (χ0n) is 12.5. The van der Waals surface area contributed by atoms with Gasteiger partial charge >= 0.3 is 5.97 Å². The first-order valence-electron chi connectivity index (χ1n) is 6.91. The van der Waals surface area contributed by atoms with E-state index in [1.165, 1.54) is 0 Å². The molecule has 5 nitrogen and oxygen atoms in total. The van der Waals surface area contributed by atoms with Crippen LogP contribution in [-0.4, -0.2) is 23.0 Å². The molecular formula is C16H17ClN2O3. The summed E-state index contributed by atoms with van der Waals surface area (Å²) in [5.41, 5.74) is 2.37. The topological polar surface area (TPSA) is 61.3 Å².